The Labute approximate surface area is 62.0 Å². The standard InChI is InChI=1S/C8H15NO/c1-7(4-3-5-10)6-8(2)9/h6,10H,1,3-5,9H2,2H3/b8-6+. The van der Waals surface area contributed by atoms with E-state index in [0.717, 1.165) is 24.1 Å². The zero-order valence-electron chi connectivity index (χ0n) is 6.43. The molecule has 0 amide bonds. The lowest BCUT2D eigenvalue weighted by Gasteiger charge is -1.97. The van der Waals surface area contributed by atoms with E-state index < -0.39 is 0 Å². The molecule has 2 nitrogen and oxygen atoms in total. The van der Waals surface area contributed by atoms with Gasteiger partial charge in [-0.3, -0.25) is 0 Å². The summed E-state index contributed by atoms with van der Waals surface area (Å²) in [6.07, 6.45) is 3.42. The van der Waals surface area contributed by atoms with Crippen molar-refractivity contribution in [1.82, 2.24) is 0 Å². The molecular formula is C8H15NO. The Bertz CT molecular complexity index is 134. The van der Waals surface area contributed by atoms with Gasteiger partial charge in [0.05, 0.1) is 0 Å². The number of hydrogen-bond donors (Lipinski definition) is 2. The number of aliphatic hydroxyl groups excluding tert-OH is 1. The molecule has 0 aromatic rings. The number of nitrogens with two attached hydrogens (primary N) is 1. The lowest BCUT2D eigenvalue weighted by Crippen LogP contribution is -1.92. The van der Waals surface area contributed by atoms with Gasteiger partial charge in [0.25, 0.3) is 0 Å². The van der Waals surface area contributed by atoms with Crippen LogP contribution in [0.5, 0.6) is 0 Å². The summed E-state index contributed by atoms with van der Waals surface area (Å²) in [7, 11) is 0. The molecule has 2 heteroatoms. The SMILES string of the molecule is C=C(/C=C(\C)N)CCCO. The molecule has 0 saturated carbocycles. The molecule has 10 heavy (non-hydrogen) atoms. The first-order valence-electron chi connectivity index (χ1n) is 3.39. The second-order valence-corrected chi connectivity index (χ2v) is 2.37. The molecule has 0 aliphatic rings. The average molecular weight is 141 g/mol. The summed E-state index contributed by atoms with van der Waals surface area (Å²) in [5.41, 5.74) is 7.15. The van der Waals surface area contributed by atoms with Gasteiger partial charge >= 0.3 is 0 Å². The van der Waals surface area contributed by atoms with Crippen LogP contribution in [0.1, 0.15) is 19.8 Å². The van der Waals surface area contributed by atoms with Crippen molar-refractivity contribution in [3.8, 4) is 0 Å². The van der Waals surface area contributed by atoms with Gasteiger partial charge in [-0.05, 0) is 25.8 Å². The number of aliphatic hydroxyl groups is 1. The van der Waals surface area contributed by atoms with Crippen LogP contribution in [0.15, 0.2) is 23.9 Å². The molecule has 0 atom stereocenters. The summed E-state index contributed by atoms with van der Waals surface area (Å²) in [6, 6.07) is 0. The minimum Gasteiger partial charge on any atom is -0.402 e. The zero-order valence-corrected chi connectivity index (χ0v) is 6.43. The Morgan fingerprint density at radius 2 is 2.30 bits per heavy atom. The molecule has 0 heterocycles. The molecule has 0 rings (SSSR count). The molecule has 0 fully saturated rings. The van der Waals surface area contributed by atoms with Crippen molar-refractivity contribution in [2.45, 2.75) is 19.8 Å². The molecule has 0 aromatic carbocycles. The summed E-state index contributed by atoms with van der Waals surface area (Å²) >= 11 is 0. The highest BCUT2D eigenvalue weighted by Crippen LogP contribution is 2.03. The fourth-order valence-corrected chi connectivity index (χ4v) is 0.700. The Balaban J connectivity index is 3.54. The summed E-state index contributed by atoms with van der Waals surface area (Å²) in [6.45, 7) is 5.81. The van der Waals surface area contributed by atoms with Gasteiger partial charge in [0.2, 0.25) is 0 Å². The smallest absolute Gasteiger partial charge is 0.0434 e. The van der Waals surface area contributed by atoms with Gasteiger partial charge in [0, 0.05) is 12.3 Å². The normalized spacial score (nSPS) is 11.6. The second kappa shape index (κ2) is 5.06. The van der Waals surface area contributed by atoms with E-state index in [1.54, 1.807) is 0 Å². The van der Waals surface area contributed by atoms with Gasteiger partial charge < -0.3 is 10.8 Å². The van der Waals surface area contributed by atoms with E-state index in [9.17, 15) is 0 Å². The maximum atomic E-state index is 8.46. The van der Waals surface area contributed by atoms with Crippen molar-refractivity contribution in [3.63, 3.8) is 0 Å². The molecule has 0 radical (unpaired) electrons. The second-order valence-electron chi connectivity index (χ2n) is 2.37. The Morgan fingerprint density at radius 1 is 1.70 bits per heavy atom. The van der Waals surface area contributed by atoms with Crippen molar-refractivity contribution in [2.75, 3.05) is 6.61 Å². The van der Waals surface area contributed by atoms with Crippen LogP contribution in [-0.4, -0.2) is 11.7 Å². The monoisotopic (exact) mass is 141 g/mol. The molecular weight excluding hydrogens is 126 g/mol. The van der Waals surface area contributed by atoms with Crippen LogP contribution in [0, 0.1) is 0 Å². The molecule has 0 saturated heterocycles. The zero-order chi connectivity index (χ0) is 7.98. The topological polar surface area (TPSA) is 46.2 Å². The van der Waals surface area contributed by atoms with Crippen LogP contribution in [0.4, 0.5) is 0 Å². The summed E-state index contributed by atoms with van der Waals surface area (Å²) in [5.74, 6) is 0. The maximum absolute atomic E-state index is 8.46. The van der Waals surface area contributed by atoms with Gasteiger partial charge in [-0.25, -0.2) is 0 Å². The van der Waals surface area contributed by atoms with E-state index in [2.05, 4.69) is 6.58 Å². The molecule has 0 aromatic heterocycles. The molecule has 0 spiro atoms. The highest BCUT2D eigenvalue weighted by atomic mass is 16.2. The van der Waals surface area contributed by atoms with E-state index in [-0.39, 0.29) is 6.61 Å². The van der Waals surface area contributed by atoms with Crippen LogP contribution in [0.3, 0.4) is 0 Å². The highest BCUT2D eigenvalue weighted by molar-refractivity contribution is 5.17. The molecule has 0 aliphatic carbocycles. The van der Waals surface area contributed by atoms with E-state index in [4.69, 9.17) is 10.8 Å². The average Bonchev–Trinajstić information content (AvgIpc) is 1.82. The molecule has 0 bridgehead atoms. The lowest BCUT2D eigenvalue weighted by atomic mass is 10.1. The van der Waals surface area contributed by atoms with Crippen LogP contribution in [0.2, 0.25) is 0 Å². The van der Waals surface area contributed by atoms with Gasteiger partial charge in [-0.1, -0.05) is 12.2 Å². The summed E-state index contributed by atoms with van der Waals surface area (Å²) in [5, 5.41) is 8.46. The lowest BCUT2D eigenvalue weighted by molar-refractivity contribution is 0.289. The Morgan fingerprint density at radius 3 is 2.70 bits per heavy atom. The minimum absolute atomic E-state index is 0.219. The maximum Gasteiger partial charge on any atom is 0.0434 e. The van der Waals surface area contributed by atoms with E-state index in [0.29, 0.717) is 0 Å². The van der Waals surface area contributed by atoms with Crippen LogP contribution < -0.4 is 5.73 Å². The van der Waals surface area contributed by atoms with Crippen molar-refractivity contribution in [3.05, 3.63) is 23.9 Å². The predicted molar refractivity (Wildman–Crippen MR) is 43.4 cm³/mol. The molecule has 0 unspecified atom stereocenters. The van der Waals surface area contributed by atoms with Crippen molar-refractivity contribution >= 4 is 0 Å². The van der Waals surface area contributed by atoms with Crippen LogP contribution >= 0.6 is 0 Å². The third kappa shape index (κ3) is 5.38. The predicted octanol–water partition coefficient (Wildman–Crippen LogP) is 1.18. The highest BCUT2D eigenvalue weighted by Gasteiger charge is 1.88. The minimum atomic E-state index is 0.219. The molecule has 58 valence electrons. The molecule has 0 aliphatic heterocycles. The van der Waals surface area contributed by atoms with Crippen LogP contribution in [0.25, 0.3) is 0 Å². The third-order valence-corrected chi connectivity index (χ3v) is 1.09. The van der Waals surface area contributed by atoms with E-state index in [1.807, 2.05) is 13.0 Å². The first-order valence-corrected chi connectivity index (χ1v) is 3.39. The third-order valence-electron chi connectivity index (χ3n) is 1.09. The van der Waals surface area contributed by atoms with Gasteiger partial charge in [-0.15, -0.1) is 0 Å². The number of allylic oxidation sites excluding steroid dienone is 3. The van der Waals surface area contributed by atoms with Gasteiger partial charge in [0.15, 0.2) is 0 Å². The fourth-order valence-electron chi connectivity index (χ4n) is 0.700. The van der Waals surface area contributed by atoms with Crippen LogP contribution in [-0.2, 0) is 0 Å². The first-order chi connectivity index (χ1) is 4.66. The number of hydrogen-bond acceptors (Lipinski definition) is 2. The van der Waals surface area contributed by atoms with Crippen molar-refractivity contribution < 1.29 is 5.11 Å². The van der Waals surface area contributed by atoms with Gasteiger partial charge in [-0.2, -0.15) is 0 Å². The van der Waals surface area contributed by atoms with Crippen molar-refractivity contribution in [2.24, 2.45) is 5.73 Å². The summed E-state index contributed by atoms with van der Waals surface area (Å²) in [4.78, 5) is 0. The number of rotatable bonds is 4. The quantitative estimate of drug-likeness (QED) is 0.577. The van der Waals surface area contributed by atoms with E-state index >= 15 is 0 Å². The largest absolute Gasteiger partial charge is 0.402 e. The van der Waals surface area contributed by atoms with Crippen molar-refractivity contribution in [1.29, 1.82) is 0 Å². The Hall–Kier alpha value is -0.760. The Kier molecular flexibility index (Phi) is 4.67. The fraction of sp³-hybridized carbons (Fsp3) is 0.500. The van der Waals surface area contributed by atoms with E-state index in [1.165, 1.54) is 0 Å². The molecule has 3 N–H and O–H groups in total. The first kappa shape index (κ1) is 9.24. The van der Waals surface area contributed by atoms with Gasteiger partial charge in [0.1, 0.15) is 0 Å². The summed E-state index contributed by atoms with van der Waals surface area (Å²) < 4.78 is 0.